The Hall–Kier alpha value is -7.49. The smallest absolute Gasteiger partial charge is 0.239 e. The van der Waals surface area contributed by atoms with Crippen LogP contribution in [0.1, 0.15) is 56.2 Å². The molecule has 0 bridgehead atoms. The SMILES string of the molecule is N#CC(C#N)=C1C(c2cc(C(F)(F)F)nc(C(F)(F)F)c2)=C(C#N)c2c1cc1c(c2F)C(C#N)=C(c2cc(C(F)(F)F)nc(C(F)(F)F)c2)C1=C(C#N)C#N. The topological polar surface area (TPSA) is 169 Å². The molecule has 2 heterocycles. The molecule has 0 aliphatic heterocycles. The third-order valence-electron chi connectivity index (χ3n) is 7.87. The fraction of sp³-hybridized carbons (Fsp3) is 0.118. The number of alkyl halides is 12. The first kappa shape index (κ1) is 38.7. The maximum absolute atomic E-state index is 17.0. The monoisotopic (exact) mass is 772 g/mol. The Balaban J connectivity index is 2.02. The molecule has 0 N–H and O–H groups in total. The zero-order chi connectivity index (χ0) is 41.2. The lowest BCUT2D eigenvalue weighted by atomic mass is 9.88. The van der Waals surface area contributed by atoms with Crippen molar-refractivity contribution in [3.63, 3.8) is 0 Å². The maximum atomic E-state index is 17.0. The molecule has 0 saturated heterocycles. The van der Waals surface area contributed by atoms with Gasteiger partial charge in [-0.05, 0) is 52.6 Å². The lowest BCUT2D eigenvalue weighted by Crippen LogP contribution is -2.15. The van der Waals surface area contributed by atoms with Crippen molar-refractivity contribution in [1.82, 2.24) is 9.97 Å². The van der Waals surface area contributed by atoms with Crippen molar-refractivity contribution in [2.75, 3.05) is 0 Å². The molecule has 0 radical (unpaired) electrons. The first-order valence-corrected chi connectivity index (χ1v) is 14.1. The van der Waals surface area contributed by atoms with E-state index in [1.54, 1.807) is 0 Å². The maximum Gasteiger partial charge on any atom is 0.433 e. The summed E-state index contributed by atoms with van der Waals surface area (Å²) >= 11 is 0. The van der Waals surface area contributed by atoms with E-state index in [1.807, 2.05) is 0 Å². The van der Waals surface area contributed by atoms with Crippen LogP contribution in [0.2, 0.25) is 0 Å². The number of pyridine rings is 2. The Morgan fingerprint density at radius 1 is 0.455 bits per heavy atom. The summed E-state index contributed by atoms with van der Waals surface area (Å²) in [6.45, 7) is 0. The summed E-state index contributed by atoms with van der Waals surface area (Å²) in [4.78, 5) is 5.09. The average Bonchev–Trinajstić information content (AvgIpc) is 3.61. The van der Waals surface area contributed by atoms with E-state index in [0.717, 1.165) is 0 Å². The Bertz CT molecular complexity index is 2390. The van der Waals surface area contributed by atoms with Gasteiger partial charge in [0, 0.05) is 33.4 Å². The lowest BCUT2D eigenvalue weighted by Gasteiger charge is -2.16. The zero-order valence-corrected chi connectivity index (χ0v) is 25.9. The Kier molecular flexibility index (Phi) is 9.06. The minimum Gasteiger partial charge on any atom is -0.239 e. The van der Waals surface area contributed by atoms with E-state index in [2.05, 4.69) is 9.97 Å². The molecule has 3 aromatic rings. The molecule has 5 rings (SSSR count). The van der Waals surface area contributed by atoms with E-state index in [1.165, 1.54) is 36.4 Å². The number of nitrogens with zero attached hydrogens (tertiary/aromatic N) is 8. The highest BCUT2D eigenvalue weighted by Gasteiger charge is 2.45. The van der Waals surface area contributed by atoms with Crippen molar-refractivity contribution < 1.29 is 57.1 Å². The predicted molar refractivity (Wildman–Crippen MR) is 156 cm³/mol. The third-order valence-corrected chi connectivity index (χ3v) is 7.87. The number of allylic oxidation sites excluding steroid dienone is 8. The average molecular weight is 772 g/mol. The minimum absolute atomic E-state index is 0.0147. The standard InChI is InChI=1S/C34H5F13N8/c35-30-28-16(26(14(6-48)7-49)24(18(28)10-52)12-1-20(31(36,37)38)54-21(2-12)32(39,40)41)5-17-27(15(8-50)9-51)25(19(11-53)29(17)30)13-3-22(33(42,43)44)55-23(4-13)34(45,46)47/h1-5H. The second-order valence-corrected chi connectivity index (χ2v) is 11.0. The second-order valence-electron chi connectivity index (χ2n) is 11.0. The molecular formula is C34H5F13N8. The third kappa shape index (κ3) is 6.34. The van der Waals surface area contributed by atoms with Crippen LogP contribution in [0.3, 0.4) is 0 Å². The summed E-state index contributed by atoms with van der Waals surface area (Å²) in [6.07, 6.45) is -22.3. The molecule has 1 aromatic carbocycles. The Morgan fingerprint density at radius 2 is 0.727 bits per heavy atom. The van der Waals surface area contributed by atoms with E-state index in [9.17, 15) is 84.3 Å². The van der Waals surface area contributed by atoms with Crippen LogP contribution in [0.15, 0.2) is 41.5 Å². The fourth-order valence-corrected chi connectivity index (χ4v) is 5.83. The van der Waals surface area contributed by atoms with Gasteiger partial charge in [0.15, 0.2) is 0 Å². The van der Waals surface area contributed by atoms with Gasteiger partial charge in [0.2, 0.25) is 0 Å². The summed E-state index contributed by atoms with van der Waals surface area (Å²) in [7, 11) is 0. The van der Waals surface area contributed by atoms with Crippen LogP contribution in [0, 0.1) is 73.8 Å². The highest BCUT2D eigenvalue weighted by molar-refractivity contribution is 6.30. The van der Waals surface area contributed by atoms with Gasteiger partial charge in [-0.2, -0.15) is 84.3 Å². The van der Waals surface area contributed by atoms with Crippen LogP contribution >= 0.6 is 0 Å². The highest BCUT2D eigenvalue weighted by atomic mass is 19.4. The molecule has 0 spiro atoms. The molecule has 0 fully saturated rings. The van der Waals surface area contributed by atoms with Crippen molar-refractivity contribution in [2.24, 2.45) is 0 Å². The van der Waals surface area contributed by atoms with E-state index in [4.69, 9.17) is 0 Å². The molecule has 0 unspecified atom stereocenters. The first-order chi connectivity index (χ1) is 25.5. The quantitative estimate of drug-likeness (QED) is 0.183. The van der Waals surface area contributed by atoms with E-state index >= 15 is 4.39 Å². The van der Waals surface area contributed by atoms with Gasteiger partial charge < -0.3 is 0 Å². The zero-order valence-electron chi connectivity index (χ0n) is 25.9. The van der Waals surface area contributed by atoms with Gasteiger partial charge in [-0.25, -0.2) is 14.4 Å². The normalized spacial score (nSPS) is 13.9. The molecule has 0 amide bonds. The van der Waals surface area contributed by atoms with Crippen molar-refractivity contribution in [1.29, 1.82) is 31.6 Å². The number of nitriles is 6. The van der Waals surface area contributed by atoms with Crippen LogP contribution in [-0.2, 0) is 24.7 Å². The number of hydrogen-bond donors (Lipinski definition) is 0. The molecule has 2 aromatic heterocycles. The van der Waals surface area contributed by atoms with Gasteiger partial charge in [-0.3, -0.25) is 0 Å². The van der Waals surface area contributed by atoms with Crippen LogP contribution < -0.4 is 0 Å². The van der Waals surface area contributed by atoms with Crippen LogP contribution in [-0.4, -0.2) is 9.97 Å². The summed E-state index contributed by atoms with van der Waals surface area (Å²) in [5.74, 6) is -1.83. The fourth-order valence-electron chi connectivity index (χ4n) is 5.83. The second kappa shape index (κ2) is 12.9. The molecular weight excluding hydrogens is 767 g/mol. The van der Waals surface area contributed by atoms with Gasteiger partial charge in [-0.1, -0.05) is 0 Å². The summed E-state index contributed by atoms with van der Waals surface area (Å²) in [5, 5.41) is 59.6. The van der Waals surface area contributed by atoms with E-state index in [-0.39, 0.29) is 24.3 Å². The minimum atomic E-state index is -5.59. The summed E-state index contributed by atoms with van der Waals surface area (Å²) < 4.78 is 182. The van der Waals surface area contributed by atoms with Crippen molar-refractivity contribution >= 4 is 33.4 Å². The molecule has 0 atom stereocenters. The van der Waals surface area contributed by atoms with Gasteiger partial charge in [0.25, 0.3) is 0 Å². The number of aromatic nitrogens is 2. The Labute approximate surface area is 296 Å². The van der Waals surface area contributed by atoms with Gasteiger partial charge >= 0.3 is 24.7 Å². The van der Waals surface area contributed by atoms with Crippen LogP contribution in [0.25, 0.3) is 33.4 Å². The summed E-state index contributed by atoms with van der Waals surface area (Å²) in [6, 6.07) is 8.48. The van der Waals surface area contributed by atoms with Gasteiger partial charge in [0.1, 0.15) is 76.2 Å². The van der Waals surface area contributed by atoms with E-state index < -0.39 is 131 Å². The molecule has 272 valence electrons. The molecule has 2 aliphatic carbocycles. The van der Waals surface area contributed by atoms with Crippen molar-refractivity contribution in [3.05, 3.63) is 103 Å². The van der Waals surface area contributed by atoms with Crippen molar-refractivity contribution in [3.8, 4) is 36.4 Å². The molecule has 21 heteroatoms. The van der Waals surface area contributed by atoms with E-state index in [0.29, 0.717) is 6.07 Å². The molecule has 0 saturated carbocycles. The van der Waals surface area contributed by atoms with Crippen molar-refractivity contribution in [2.45, 2.75) is 24.7 Å². The highest BCUT2D eigenvalue weighted by Crippen LogP contribution is 2.56. The molecule has 8 nitrogen and oxygen atoms in total. The number of hydrogen-bond acceptors (Lipinski definition) is 8. The lowest BCUT2D eigenvalue weighted by molar-refractivity contribution is -0.151. The van der Waals surface area contributed by atoms with Gasteiger partial charge in [0.05, 0.1) is 11.1 Å². The Morgan fingerprint density at radius 3 is 0.945 bits per heavy atom. The number of benzene rings is 1. The number of halogens is 13. The number of fused-ring (bicyclic) bond motifs is 2. The summed E-state index contributed by atoms with van der Waals surface area (Å²) in [5.41, 5.74) is -23.8. The van der Waals surface area contributed by atoms with Gasteiger partial charge in [-0.15, -0.1) is 0 Å². The first-order valence-electron chi connectivity index (χ1n) is 14.1. The predicted octanol–water partition coefficient (Wildman–Crippen LogP) is 9.19. The molecule has 2 aliphatic rings. The largest absolute Gasteiger partial charge is 0.433 e. The number of rotatable bonds is 2. The van der Waals surface area contributed by atoms with Crippen LogP contribution in [0.5, 0.6) is 0 Å². The van der Waals surface area contributed by atoms with Crippen LogP contribution in [0.4, 0.5) is 57.1 Å². The molecule has 55 heavy (non-hydrogen) atoms.